The molecule has 6 nitrogen and oxygen atoms in total. The minimum Gasteiger partial charge on any atom is -0.489 e. The fraction of sp³-hybridized carbons (Fsp3) is 0.0385. The monoisotopic (exact) mass is 489 g/mol. The van der Waals surface area contributed by atoms with Gasteiger partial charge in [0.05, 0.1) is 16.4 Å². The Bertz CT molecular complexity index is 1500. The van der Waals surface area contributed by atoms with Gasteiger partial charge in [-0.3, -0.25) is 0 Å². The fourth-order valence-electron chi connectivity index (χ4n) is 3.58. The molecule has 34 heavy (non-hydrogen) atoms. The van der Waals surface area contributed by atoms with Crippen LogP contribution in [0.15, 0.2) is 84.9 Å². The van der Waals surface area contributed by atoms with Gasteiger partial charge in [0, 0.05) is 22.2 Å². The van der Waals surface area contributed by atoms with Crippen molar-refractivity contribution in [1.82, 2.24) is 14.6 Å². The summed E-state index contributed by atoms with van der Waals surface area (Å²) in [5.74, 6) is -0.419. The third-order valence-corrected chi connectivity index (χ3v) is 5.80. The van der Waals surface area contributed by atoms with Gasteiger partial charge in [0.15, 0.2) is 11.3 Å². The van der Waals surface area contributed by atoms with Gasteiger partial charge in [-0.2, -0.15) is 5.10 Å². The zero-order chi connectivity index (χ0) is 23.7. The molecule has 0 fully saturated rings. The molecule has 0 aliphatic carbocycles. The van der Waals surface area contributed by atoms with Gasteiger partial charge in [-0.05, 0) is 54.1 Å². The van der Waals surface area contributed by atoms with Crippen LogP contribution in [-0.4, -0.2) is 25.7 Å². The number of aromatic carboxylic acids is 1. The van der Waals surface area contributed by atoms with E-state index in [1.165, 1.54) is 10.6 Å². The highest BCUT2D eigenvalue weighted by Crippen LogP contribution is 2.33. The van der Waals surface area contributed by atoms with Crippen LogP contribution < -0.4 is 4.74 Å². The number of aromatic nitrogens is 3. The molecule has 0 bridgehead atoms. The van der Waals surface area contributed by atoms with Gasteiger partial charge in [-0.15, -0.1) is 0 Å². The topological polar surface area (TPSA) is 76.7 Å². The summed E-state index contributed by atoms with van der Waals surface area (Å²) in [6.45, 7) is 0.458. The molecule has 0 spiro atoms. The maximum absolute atomic E-state index is 11.5. The van der Waals surface area contributed by atoms with Gasteiger partial charge < -0.3 is 9.84 Å². The van der Waals surface area contributed by atoms with Crippen LogP contribution in [0.5, 0.6) is 5.75 Å². The van der Waals surface area contributed by atoms with E-state index in [1.807, 2.05) is 60.7 Å². The van der Waals surface area contributed by atoms with Crippen LogP contribution in [0, 0.1) is 0 Å². The number of halogens is 2. The van der Waals surface area contributed by atoms with Crippen molar-refractivity contribution < 1.29 is 14.6 Å². The predicted octanol–water partition coefficient (Wildman–Crippen LogP) is 6.65. The van der Waals surface area contributed by atoms with Crippen LogP contribution in [0.3, 0.4) is 0 Å². The Morgan fingerprint density at radius 3 is 2.41 bits per heavy atom. The predicted molar refractivity (Wildman–Crippen MR) is 132 cm³/mol. The van der Waals surface area contributed by atoms with Crippen molar-refractivity contribution in [1.29, 1.82) is 0 Å². The number of rotatable bonds is 6. The molecule has 168 valence electrons. The van der Waals surface area contributed by atoms with Gasteiger partial charge in [-0.25, -0.2) is 14.3 Å². The molecule has 0 radical (unpaired) electrons. The second-order valence-electron chi connectivity index (χ2n) is 7.55. The molecular formula is C26H17Cl2N3O3. The molecule has 0 aliphatic heterocycles. The number of carbonyl (C=O) groups is 1. The summed E-state index contributed by atoms with van der Waals surface area (Å²) in [5, 5.41) is 14.6. The molecule has 5 aromatic rings. The van der Waals surface area contributed by atoms with Gasteiger partial charge >= 0.3 is 5.97 Å². The molecule has 0 saturated heterocycles. The summed E-state index contributed by atoms with van der Waals surface area (Å²) in [5.41, 5.74) is 4.08. The molecule has 0 amide bonds. The number of nitrogens with zero attached hydrogens (tertiary/aromatic N) is 3. The first-order chi connectivity index (χ1) is 16.5. The van der Waals surface area contributed by atoms with E-state index in [-0.39, 0.29) is 5.69 Å². The van der Waals surface area contributed by atoms with Crippen LogP contribution in [0.4, 0.5) is 0 Å². The van der Waals surface area contributed by atoms with E-state index in [1.54, 1.807) is 18.2 Å². The standard InChI is InChI=1S/C26H17Cl2N3O3/c27-18-8-11-20(21(28)12-18)22-13-24(31-25(29-22)14-23(30-31)26(32)33)17-6-9-19(10-7-17)34-15-16-4-2-1-3-5-16/h1-14H,15H2,(H,32,33). The highest BCUT2D eigenvalue weighted by atomic mass is 35.5. The van der Waals surface area contributed by atoms with Crippen molar-refractivity contribution in [2.24, 2.45) is 0 Å². The minimum atomic E-state index is -1.13. The van der Waals surface area contributed by atoms with Gasteiger partial charge in [0.25, 0.3) is 0 Å². The second-order valence-corrected chi connectivity index (χ2v) is 8.40. The average molecular weight is 490 g/mol. The Morgan fingerprint density at radius 1 is 0.941 bits per heavy atom. The summed E-state index contributed by atoms with van der Waals surface area (Å²) >= 11 is 12.5. The number of fused-ring (bicyclic) bond motifs is 1. The molecule has 5 rings (SSSR count). The minimum absolute atomic E-state index is 0.101. The van der Waals surface area contributed by atoms with E-state index in [4.69, 9.17) is 27.9 Å². The number of carboxylic acids is 1. The lowest BCUT2D eigenvalue weighted by Gasteiger charge is -2.11. The Kier molecular flexibility index (Phi) is 5.92. The zero-order valence-electron chi connectivity index (χ0n) is 17.7. The molecule has 0 atom stereocenters. The number of carboxylic acid groups (broad SMARTS) is 1. The lowest BCUT2D eigenvalue weighted by atomic mass is 10.1. The highest BCUT2D eigenvalue weighted by molar-refractivity contribution is 6.36. The van der Waals surface area contributed by atoms with Crippen molar-refractivity contribution in [3.05, 3.63) is 106 Å². The lowest BCUT2D eigenvalue weighted by Crippen LogP contribution is -2.01. The summed E-state index contributed by atoms with van der Waals surface area (Å²) in [6, 6.07) is 25.8. The smallest absolute Gasteiger partial charge is 0.356 e. The van der Waals surface area contributed by atoms with E-state index >= 15 is 0 Å². The van der Waals surface area contributed by atoms with E-state index in [0.717, 1.165) is 11.1 Å². The van der Waals surface area contributed by atoms with Gasteiger partial charge in [-0.1, -0.05) is 53.5 Å². The van der Waals surface area contributed by atoms with Crippen molar-refractivity contribution in [2.45, 2.75) is 6.61 Å². The van der Waals surface area contributed by atoms with Crippen LogP contribution >= 0.6 is 23.2 Å². The zero-order valence-corrected chi connectivity index (χ0v) is 19.2. The number of hydrogen-bond acceptors (Lipinski definition) is 4. The molecular weight excluding hydrogens is 473 g/mol. The quantitative estimate of drug-likeness (QED) is 0.289. The van der Waals surface area contributed by atoms with Crippen LogP contribution in [0.25, 0.3) is 28.2 Å². The third-order valence-electron chi connectivity index (χ3n) is 5.25. The Morgan fingerprint density at radius 2 is 1.71 bits per heavy atom. The summed E-state index contributed by atoms with van der Waals surface area (Å²) < 4.78 is 7.39. The number of benzene rings is 3. The molecule has 2 aromatic heterocycles. The third kappa shape index (κ3) is 4.46. The summed E-state index contributed by atoms with van der Waals surface area (Å²) in [7, 11) is 0. The van der Waals surface area contributed by atoms with Crippen LogP contribution in [0.2, 0.25) is 10.0 Å². The second kappa shape index (κ2) is 9.17. The average Bonchev–Trinajstić information content (AvgIpc) is 3.28. The molecule has 0 unspecified atom stereocenters. The van der Waals surface area contributed by atoms with E-state index in [9.17, 15) is 9.90 Å². The highest BCUT2D eigenvalue weighted by Gasteiger charge is 2.17. The maximum Gasteiger partial charge on any atom is 0.356 e. The number of hydrogen-bond donors (Lipinski definition) is 1. The molecule has 0 aliphatic rings. The normalized spacial score (nSPS) is 11.0. The van der Waals surface area contributed by atoms with Crippen molar-refractivity contribution in [3.8, 4) is 28.3 Å². The van der Waals surface area contributed by atoms with Gasteiger partial charge in [0.1, 0.15) is 12.4 Å². The molecule has 8 heteroatoms. The molecule has 0 saturated carbocycles. The van der Waals surface area contributed by atoms with Crippen molar-refractivity contribution >= 4 is 34.8 Å². The van der Waals surface area contributed by atoms with Crippen LogP contribution in [-0.2, 0) is 6.61 Å². The SMILES string of the molecule is O=C(O)c1cc2nc(-c3ccc(Cl)cc3Cl)cc(-c3ccc(OCc4ccccc4)cc3)n2n1. The molecule has 2 heterocycles. The molecule has 3 aromatic carbocycles. The Hall–Kier alpha value is -3.87. The Labute approximate surface area is 205 Å². The van der Waals surface area contributed by atoms with Crippen molar-refractivity contribution in [3.63, 3.8) is 0 Å². The fourth-order valence-corrected chi connectivity index (χ4v) is 4.09. The largest absolute Gasteiger partial charge is 0.489 e. The van der Waals surface area contributed by atoms with Crippen molar-refractivity contribution in [2.75, 3.05) is 0 Å². The van der Waals surface area contributed by atoms with E-state index in [2.05, 4.69) is 10.1 Å². The van der Waals surface area contributed by atoms with E-state index in [0.29, 0.717) is 45.0 Å². The first-order valence-electron chi connectivity index (χ1n) is 10.3. The molecule has 1 N–H and O–H groups in total. The van der Waals surface area contributed by atoms with E-state index < -0.39 is 5.97 Å². The van der Waals surface area contributed by atoms with Gasteiger partial charge in [0.2, 0.25) is 0 Å². The summed E-state index contributed by atoms with van der Waals surface area (Å²) in [4.78, 5) is 16.1. The first-order valence-corrected chi connectivity index (χ1v) is 11.1. The maximum atomic E-state index is 11.5. The summed E-state index contributed by atoms with van der Waals surface area (Å²) in [6.07, 6.45) is 0. The number of ether oxygens (including phenoxy) is 1. The van der Waals surface area contributed by atoms with Crippen LogP contribution in [0.1, 0.15) is 16.1 Å². The Balaban J connectivity index is 1.55. The first kappa shape index (κ1) is 21.9. The lowest BCUT2D eigenvalue weighted by molar-refractivity contribution is 0.0690.